The number of fused-ring (bicyclic) bond motifs is 11. The van der Waals surface area contributed by atoms with E-state index in [1.54, 1.807) is 0 Å². The Morgan fingerprint density at radius 3 is 1.64 bits per heavy atom. The molecule has 5 heteroatoms. The van der Waals surface area contributed by atoms with Gasteiger partial charge in [-0.15, -0.1) is 0 Å². The molecule has 3 aromatic heterocycles. The Kier molecular flexibility index (Phi) is 4.85. The van der Waals surface area contributed by atoms with Crippen LogP contribution in [0, 0.1) is 0 Å². The number of hydrogen-bond donors (Lipinski definition) is 0. The third-order valence-electron chi connectivity index (χ3n) is 8.53. The molecule has 0 N–H and O–H groups in total. The number of pyridine rings is 1. The van der Waals surface area contributed by atoms with E-state index in [2.05, 4.69) is 87.6 Å². The van der Waals surface area contributed by atoms with Gasteiger partial charge in [-0.05, 0) is 53.9 Å². The zero-order valence-corrected chi connectivity index (χ0v) is 23.4. The SMILES string of the molecule is O=P(c1ccccc1)(c1ccc2nc3c4ccccc4c4ccccc4n3c2c1)n1c2ccccc2c2ccccc21. The number of para-hydroxylation sites is 3. The summed E-state index contributed by atoms with van der Waals surface area (Å²) in [4.78, 5) is 5.12. The molecule has 0 aliphatic rings. The molecule has 0 saturated heterocycles. The van der Waals surface area contributed by atoms with Gasteiger partial charge in [0.1, 0.15) is 5.65 Å². The fourth-order valence-corrected chi connectivity index (χ4v) is 9.57. The van der Waals surface area contributed by atoms with Crippen LogP contribution in [-0.4, -0.2) is 13.7 Å². The highest BCUT2D eigenvalue weighted by molar-refractivity contribution is 7.77. The van der Waals surface area contributed by atoms with Gasteiger partial charge < -0.3 is 0 Å². The summed E-state index contributed by atoms with van der Waals surface area (Å²) in [6.07, 6.45) is 0. The number of rotatable bonds is 3. The number of nitrogens with zero attached hydrogens (tertiary/aromatic N) is 3. The van der Waals surface area contributed by atoms with Gasteiger partial charge in [-0.3, -0.25) is 13.3 Å². The molecule has 198 valence electrons. The summed E-state index contributed by atoms with van der Waals surface area (Å²) in [5.41, 5.74) is 5.73. The van der Waals surface area contributed by atoms with Crippen molar-refractivity contribution in [1.82, 2.24) is 13.7 Å². The van der Waals surface area contributed by atoms with Crippen LogP contribution < -0.4 is 10.6 Å². The van der Waals surface area contributed by atoms with E-state index in [9.17, 15) is 0 Å². The van der Waals surface area contributed by atoms with Crippen LogP contribution >= 0.6 is 7.29 Å². The minimum Gasteiger partial charge on any atom is -0.292 e. The molecule has 0 aliphatic heterocycles. The standard InChI is InChI=1S/C37H24N3OP/c41-42(25-12-2-1-3-13-25,40-34-20-10-7-16-29(34)30-17-8-11-21-35(30)40)26-22-23-32-36(24-26)39-33-19-9-6-15-28(33)27-14-4-5-18-31(27)37(39)38-32/h1-24H. The molecule has 9 aromatic rings. The summed E-state index contributed by atoms with van der Waals surface area (Å²) in [6.45, 7) is 0. The highest BCUT2D eigenvalue weighted by Crippen LogP contribution is 2.51. The molecule has 6 aromatic carbocycles. The van der Waals surface area contributed by atoms with Crippen molar-refractivity contribution in [3.63, 3.8) is 0 Å². The van der Waals surface area contributed by atoms with Crippen molar-refractivity contribution in [3.05, 3.63) is 146 Å². The minimum atomic E-state index is -3.41. The van der Waals surface area contributed by atoms with Gasteiger partial charge in [0, 0.05) is 32.2 Å². The second kappa shape index (κ2) is 8.66. The van der Waals surface area contributed by atoms with E-state index >= 15 is 4.57 Å². The fourth-order valence-electron chi connectivity index (χ4n) is 6.70. The Bertz CT molecular complexity index is 2510. The van der Waals surface area contributed by atoms with E-state index in [1.165, 1.54) is 10.8 Å². The smallest absolute Gasteiger partial charge is 0.234 e. The van der Waals surface area contributed by atoms with E-state index in [1.807, 2.05) is 66.7 Å². The second-order valence-corrected chi connectivity index (χ2v) is 13.3. The summed E-state index contributed by atoms with van der Waals surface area (Å²) in [5.74, 6) is 0. The largest absolute Gasteiger partial charge is 0.292 e. The van der Waals surface area contributed by atoms with Crippen LogP contribution in [0.25, 0.3) is 60.2 Å². The highest BCUT2D eigenvalue weighted by Gasteiger charge is 2.33. The van der Waals surface area contributed by atoms with Crippen LogP contribution in [0.5, 0.6) is 0 Å². The van der Waals surface area contributed by atoms with Crippen LogP contribution in [0.15, 0.2) is 146 Å². The Labute approximate surface area is 241 Å². The average Bonchev–Trinajstić information content (AvgIpc) is 3.62. The molecular weight excluding hydrogens is 533 g/mol. The first kappa shape index (κ1) is 23.5. The molecule has 4 nitrogen and oxygen atoms in total. The molecule has 1 unspecified atom stereocenters. The van der Waals surface area contributed by atoms with Crippen molar-refractivity contribution in [3.8, 4) is 0 Å². The van der Waals surface area contributed by atoms with Gasteiger partial charge in [0.25, 0.3) is 0 Å². The van der Waals surface area contributed by atoms with E-state index < -0.39 is 7.29 Å². The van der Waals surface area contributed by atoms with Crippen molar-refractivity contribution in [2.24, 2.45) is 0 Å². The predicted molar refractivity (Wildman–Crippen MR) is 176 cm³/mol. The first-order chi connectivity index (χ1) is 20.7. The Balaban J connectivity index is 1.45. The number of imidazole rings is 1. The van der Waals surface area contributed by atoms with Crippen molar-refractivity contribution in [2.75, 3.05) is 0 Å². The Hall–Kier alpha value is -5.18. The lowest BCUT2D eigenvalue weighted by Crippen LogP contribution is -2.21. The van der Waals surface area contributed by atoms with Crippen LogP contribution in [0.4, 0.5) is 0 Å². The highest BCUT2D eigenvalue weighted by atomic mass is 31.2. The maximum Gasteiger partial charge on any atom is 0.234 e. The Morgan fingerprint density at radius 2 is 0.976 bits per heavy atom. The maximum atomic E-state index is 16.0. The zero-order valence-electron chi connectivity index (χ0n) is 22.6. The molecule has 0 fully saturated rings. The lowest BCUT2D eigenvalue weighted by molar-refractivity contribution is 0.583. The number of benzene rings is 6. The van der Waals surface area contributed by atoms with Crippen molar-refractivity contribution in [1.29, 1.82) is 0 Å². The van der Waals surface area contributed by atoms with Gasteiger partial charge in [0.15, 0.2) is 0 Å². The van der Waals surface area contributed by atoms with Gasteiger partial charge >= 0.3 is 0 Å². The molecule has 0 aliphatic carbocycles. The molecule has 42 heavy (non-hydrogen) atoms. The molecular formula is C37H24N3OP. The lowest BCUT2D eigenvalue weighted by Gasteiger charge is -2.23. The van der Waals surface area contributed by atoms with Crippen LogP contribution in [-0.2, 0) is 4.57 Å². The fraction of sp³-hybridized carbons (Fsp3) is 0. The van der Waals surface area contributed by atoms with E-state index in [4.69, 9.17) is 4.98 Å². The molecule has 3 heterocycles. The predicted octanol–water partition coefficient (Wildman–Crippen LogP) is 8.68. The van der Waals surface area contributed by atoms with Crippen LogP contribution in [0.3, 0.4) is 0 Å². The molecule has 0 amide bonds. The first-order valence-electron chi connectivity index (χ1n) is 14.1. The van der Waals surface area contributed by atoms with Crippen molar-refractivity contribution in [2.45, 2.75) is 0 Å². The third kappa shape index (κ3) is 3.07. The first-order valence-corrected chi connectivity index (χ1v) is 15.8. The quantitative estimate of drug-likeness (QED) is 0.161. The summed E-state index contributed by atoms with van der Waals surface area (Å²) in [6, 6.07) is 49.5. The minimum absolute atomic E-state index is 0.770. The van der Waals surface area contributed by atoms with Gasteiger partial charge in [0.05, 0.1) is 27.6 Å². The average molecular weight is 558 g/mol. The zero-order chi connectivity index (χ0) is 27.8. The number of aromatic nitrogens is 3. The lowest BCUT2D eigenvalue weighted by atomic mass is 10.1. The van der Waals surface area contributed by atoms with Crippen molar-refractivity contribution < 1.29 is 4.57 Å². The van der Waals surface area contributed by atoms with E-state index in [-0.39, 0.29) is 0 Å². The van der Waals surface area contributed by atoms with E-state index in [0.29, 0.717) is 0 Å². The third-order valence-corrected chi connectivity index (χ3v) is 11.5. The van der Waals surface area contributed by atoms with E-state index in [0.717, 1.165) is 60.0 Å². The topological polar surface area (TPSA) is 39.3 Å². The molecule has 0 bridgehead atoms. The van der Waals surface area contributed by atoms with Gasteiger partial charge in [-0.1, -0.05) is 97.1 Å². The van der Waals surface area contributed by atoms with Crippen LogP contribution in [0.1, 0.15) is 0 Å². The second-order valence-electron chi connectivity index (χ2n) is 10.8. The van der Waals surface area contributed by atoms with Gasteiger partial charge in [-0.25, -0.2) is 4.98 Å². The molecule has 0 radical (unpaired) electrons. The molecule has 0 saturated carbocycles. The normalized spacial score (nSPS) is 13.5. The van der Waals surface area contributed by atoms with Crippen molar-refractivity contribution >= 4 is 78.1 Å². The molecule has 0 spiro atoms. The molecule has 1 atom stereocenters. The monoisotopic (exact) mass is 557 g/mol. The molecule has 9 rings (SSSR count). The Morgan fingerprint density at radius 1 is 0.452 bits per heavy atom. The number of hydrogen-bond acceptors (Lipinski definition) is 2. The van der Waals surface area contributed by atoms with Gasteiger partial charge in [-0.2, -0.15) is 0 Å². The summed E-state index contributed by atoms with van der Waals surface area (Å²) in [7, 11) is -3.41. The summed E-state index contributed by atoms with van der Waals surface area (Å²) in [5, 5.41) is 7.19. The summed E-state index contributed by atoms with van der Waals surface area (Å²) < 4.78 is 20.3. The van der Waals surface area contributed by atoms with Crippen LogP contribution in [0.2, 0.25) is 0 Å². The summed E-state index contributed by atoms with van der Waals surface area (Å²) >= 11 is 0. The maximum absolute atomic E-state index is 16.0. The van der Waals surface area contributed by atoms with Gasteiger partial charge in [0.2, 0.25) is 7.29 Å².